The van der Waals surface area contributed by atoms with Gasteiger partial charge < -0.3 is 10.2 Å². The van der Waals surface area contributed by atoms with E-state index in [4.69, 9.17) is 0 Å². The molecule has 0 aliphatic carbocycles. The quantitative estimate of drug-likeness (QED) is 0.569. The average Bonchev–Trinajstić information content (AvgIpc) is 2.76. The lowest BCUT2D eigenvalue weighted by Gasteiger charge is -2.39. The van der Waals surface area contributed by atoms with Crippen molar-refractivity contribution in [3.8, 4) is 0 Å². The average molecular weight is 450 g/mol. The van der Waals surface area contributed by atoms with Gasteiger partial charge in [-0.05, 0) is 24.3 Å². The number of piperidine rings is 1. The van der Waals surface area contributed by atoms with Crippen molar-refractivity contribution in [1.82, 2.24) is 14.9 Å². The molecule has 1 N–H and O–H groups in total. The molecule has 1 aromatic carbocycles. The van der Waals surface area contributed by atoms with Gasteiger partial charge in [0.25, 0.3) is 11.8 Å². The van der Waals surface area contributed by atoms with Crippen LogP contribution in [0.1, 0.15) is 28.8 Å². The topological polar surface area (TPSA) is 58.1 Å². The second kappa shape index (κ2) is 8.33. The number of carbonyl (C=O) groups excluding carboxylic acids is 1. The predicted octanol–water partition coefficient (Wildman–Crippen LogP) is 5.00. The SMILES string of the molecule is O=C(c1ccnc2ccccc12)N1CCC(F)(F)C[C@H]1CNc1ccc(C(F)(F)F)cn1. The summed E-state index contributed by atoms with van der Waals surface area (Å²) in [7, 11) is 0. The summed E-state index contributed by atoms with van der Waals surface area (Å²) >= 11 is 0. The molecule has 1 fully saturated rings. The van der Waals surface area contributed by atoms with Crippen molar-refractivity contribution < 1.29 is 26.7 Å². The number of alkyl halides is 5. The van der Waals surface area contributed by atoms with Gasteiger partial charge in [-0.15, -0.1) is 0 Å². The Morgan fingerprint density at radius 3 is 2.62 bits per heavy atom. The Morgan fingerprint density at radius 2 is 1.91 bits per heavy atom. The number of hydrogen-bond donors (Lipinski definition) is 1. The summed E-state index contributed by atoms with van der Waals surface area (Å²) in [4.78, 5) is 22.6. The van der Waals surface area contributed by atoms with Crippen LogP contribution in [0.25, 0.3) is 10.9 Å². The van der Waals surface area contributed by atoms with E-state index in [2.05, 4.69) is 15.3 Å². The Bertz CT molecular complexity index is 1110. The molecular weight excluding hydrogens is 431 g/mol. The van der Waals surface area contributed by atoms with E-state index in [9.17, 15) is 26.7 Å². The Morgan fingerprint density at radius 1 is 1.12 bits per heavy atom. The second-order valence-corrected chi connectivity index (χ2v) is 7.65. The van der Waals surface area contributed by atoms with Crippen molar-refractivity contribution in [1.29, 1.82) is 0 Å². The minimum Gasteiger partial charge on any atom is -0.368 e. The number of likely N-dealkylation sites (tertiary alicyclic amines) is 1. The summed E-state index contributed by atoms with van der Waals surface area (Å²) in [6, 6.07) is 9.72. The van der Waals surface area contributed by atoms with Crippen LogP contribution in [0.4, 0.5) is 27.8 Å². The Kier molecular flexibility index (Phi) is 5.70. The van der Waals surface area contributed by atoms with E-state index in [0.29, 0.717) is 22.7 Å². The zero-order valence-electron chi connectivity index (χ0n) is 16.7. The number of fused-ring (bicyclic) bond motifs is 1. The van der Waals surface area contributed by atoms with Gasteiger partial charge in [0.05, 0.1) is 22.7 Å². The molecule has 0 bridgehead atoms. The number of rotatable bonds is 4. The molecule has 1 aliphatic rings. The van der Waals surface area contributed by atoms with Gasteiger partial charge in [-0.1, -0.05) is 18.2 Å². The lowest BCUT2D eigenvalue weighted by atomic mass is 9.96. The highest BCUT2D eigenvalue weighted by molar-refractivity contribution is 6.06. The molecule has 4 rings (SSSR count). The first-order valence-corrected chi connectivity index (χ1v) is 9.94. The molecular formula is C22H19F5N4O. The van der Waals surface area contributed by atoms with Crippen LogP contribution in [0.3, 0.4) is 0 Å². The first-order chi connectivity index (χ1) is 15.1. The molecule has 0 spiro atoms. The monoisotopic (exact) mass is 450 g/mol. The highest BCUT2D eigenvalue weighted by Gasteiger charge is 2.42. The summed E-state index contributed by atoms with van der Waals surface area (Å²) in [6.07, 6.45) is -3.38. The highest BCUT2D eigenvalue weighted by atomic mass is 19.4. The van der Waals surface area contributed by atoms with E-state index in [1.165, 1.54) is 11.1 Å². The Hall–Kier alpha value is -3.30. The van der Waals surface area contributed by atoms with Crippen LogP contribution in [-0.4, -0.2) is 45.8 Å². The van der Waals surface area contributed by atoms with Gasteiger partial charge >= 0.3 is 6.18 Å². The maximum Gasteiger partial charge on any atom is 0.417 e. The fraction of sp³-hybridized carbons (Fsp3) is 0.318. The number of carbonyl (C=O) groups is 1. The highest BCUT2D eigenvalue weighted by Crippen LogP contribution is 2.34. The van der Waals surface area contributed by atoms with Crippen LogP contribution < -0.4 is 5.32 Å². The normalized spacial score (nSPS) is 18.5. The van der Waals surface area contributed by atoms with Crippen LogP contribution in [0.2, 0.25) is 0 Å². The molecule has 0 unspecified atom stereocenters. The standard InChI is InChI=1S/C22H19F5N4O/c23-21(24)8-10-31(20(32)17-7-9-28-18-4-2-1-3-16(17)18)15(11-21)13-30-19-6-5-14(12-29-19)22(25,26)27/h1-7,9,12,15H,8,10-11,13H2,(H,29,30)/t15-/m0/s1. The lowest BCUT2D eigenvalue weighted by molar-refractivity contribution is -0.137. The number of aromatic nitrogens is 2. The summed E-state index contributed by atoms with van der Waals surface area (Å²) in [6.45, 7) is -0.224. The third-order valence-corrected chi connectivity index (χ3v) is 5.44. The number of nitrogens with zero attached hydrogens (tertiary/aromatic N) is 3. The van der Waals surface area contributed by atoms with Crippen molar-refractivity contribution in [3.05, 3.63) is 66.0 Å². The maximum absolute atomic E-state index is 14.1. The van der Waals surface area contributed by atoms with E-state index in [1.807, 2.05) is 0 Å². The van der Waals surface area contributed by atoms with Crippen LogP contribution in [0, 0.1) is 0 Å². The van der Waals surface area contributed by atoms with Crippen LogP contribution >= 0.6 is 0 Å². The summed E-state index contributed by atoms with van der Waals surface area (Å²) in [5.74, 6) is -3.24. The summed E-state index contributed by atoms with van der Waals surface area (Å²) in [5.41, 5.74) is 0.0661. The van der Waals surface area contributed by atoms with Crippen LogP contribution in [0.15, 0.2) is 54.9 Å². The van der Waals surface area contributed by atoms with E-state index in [1.54, 1.807) is 30.3 Å². The smallest absolute Gasteiger partial charge is 0.368 e. The molecule has 1 aliphatic heterocycles. The zero-order chi connectivity index (χ0) is 22.9. The van der Waals surface area contributed by atoms with Crippen LogP contribution in [0.5, 0.6) is 0 Å². The number of halogens is 5. The molecule has 0 saturated carbocycles. The molecule has 2 aromatic heterocycles. The number of pyridine rings is 2. The number of hydrogen-bond acceptors (Lipinski definition) is 4. The number of benzene rings is 1. The molecule has 3 heterocycles. The molecule has 10 heteroatoms. The fourth-order valence-electron chi connectivity index (χ4n) is 3.80. The van der Waals surface area contributed by atoms with Crippen molar-refractivity contribution in [2.75, 3.05) is 18.4 Å². The molecule has 1 amide bonds. The Balaban J connectivity index is 1.55. The van der Waals surface area contributed by atoms with Gasteiger partial charge in [-0.25, -0.2) is 13.8 Å². The van der Waals surface area contributed by atoms with Crippen molar-refractivity contribution >= 4 is 22.6 Å². The number of para-hydroxylation sites is 1. The largest absolute Gasteiger partial charge is 0.417 e. The molecule has 0 radical (unpaired) electrons. The van der Waals surface area contributed by atoms with Crippen molar-refractivity contribution in [3.63, 3.8) is 0 Å². The van der Waals surface area contributed by atoms with Gasteiger partial charge in [0.2, 0.25) is 0 Å². The molecule has 32 heavy (non-hydrogen) atoms. The van der Waals surface area contributed by atoms with Gasteiger partial charge in [-0.3, -0.25) is 9.78 Å². The first-order valence-electron chi connectivity index (χ1n) is 9.94. The second-order valence-electron chi connectivity index (χ2n) is 7.65. The minimum atomic E-state index is -4.52. The first kappa shape index (κ1) is 21.9. The number of anilines is 1. The van der Waals surface area contributed by atoms with E-state index < -0.39 is 42.5 Å². The summed E-state index contributed by atoms with van der Waals surface area (Å²) < 4.78 is 66.4. The van der Waals surface area contributed by atoms with Crippen molar-refractivity contribution in [2.24, 2.45) is 0 Å². The van der Waals surface area contributed by atoms with E-state index in [-0.39, 0.29) is 18.9 Å². The molecule has 168 valence electrons. The predicted molar refractivity (Wildman–Crippen MR) is 108 cm³/mol. The third-order valence-electron chi connectivity index (χ3n) is 5.44. The number of nitrogens with one attached hydrogen (secondary N) is 1. The number of amides is 1. The third kappa shape index (κ3) is 4.63. The molecule has 1 atom stereocenters. The van der Waals surface area contributed by atoms with Crippen molar-refractivity contribution in [2.45, 2.75) is 31.0 Å². The van der Waals surface area contributed by atoms with Gasteiger partial charge in [0.1, 0.15) is 5.82 Å². The molecule has 5 nitrogen and oxygen atoms in total. The fourth-order valence-corrected chi connectivity index (χ4v) is 3.80. The zero-order valence-corrected chi connectivity index (χ0v) is 16.7. The van der Waals surface area contributed by atoms with E-state index in [0.717, 1.165) is 12.1 Å². The molecule has 1 saturated heterocycles. The minimum absolute atomic E-state index is 0.0806. The van der Waals surface area contributed by atoms with E-state index >= 15 is 0 Å². The maximum atomic E-state index is 14.1. The van der Waals surface area contributed by atoms with Gasteiger partial charge in [0, 0.05) is 43.7 Å². The summed E-state index contributed by atoms with van der Waals surface area (Å²) in [5, 5.41) is 3.41. The lowest BCUT2D eigenvalue weighted by Crippen LogP contribution is -2.52. The van der Waals surface area contributed by atoms with Gasteiger partial charge in [0.15, 0.2) is 0 Å². The molecule has 3 aromatic rings. The Labute approximate surface area is 180 Å². The van der Waals surface area contributed by atoms with Gasteiger partial charge in [-0.2, -0.15) is 13.2 Å². The van der Waals surface area contributed by atoms with Crippen LogP contribution in [-0.2, 0) is 6.18 Å².